The maximum absolute atomic E-state index is 5.64. The number of benzene rings is 1. The summed E-state index contributed by atoms with van der Waals surface area (Å²) in [7, 11) is 3.36. The molecule has 2 aromatic heterocycles. The number of aromatic amines is 1. The lowest BCUT2D eigenvalue weighted by Gasteiger charge is -2.35. The third kappa shape index (κ3) is 3.49. The fourth-order valence-corrected chi connectivity index (χ4v) is 4.04. The summed E-state index contributed by atoms with van der Waals surface area (Å²) in [4.78, 5) is 2.47. The van der Waals surface area contributed by atoms with Crippen molar-refractivity contribution >= 4 is 0 Å². The number of aryl methyl sites for hydroxylation is 1. The number of para-hydroxylation sites is 1. The molecule has 4 rings (SSSR count). The molecule has 7 nitrogen and oxygen atoms in total. The molecule has 1 aromatic carbocycles. The van der Waals surface area contributed by atoms with Gasteiger partial charge in [0, 0.05) is 18.2 Å². The van der Waals surface area contributed by atoms with E-state index in [0.717, 1.165) is 59.3 Å². The fraction of sp³-hybridized carbons (Fsp3) is 0.429. The van der Waals surface area contributed by atoms with E-state index in [0.29, 0.717) is 0 Å². The standard InChI is InChI=1S/C21H26N4O3/c1-14-11-19(28-24-14)16-12-22-23-20(16)17-8-4-5-10-25(17)13-15-7-6-9-18(26-2)21(15)27-3/h6-7,9,11-12,17H,4-5,8,10,13H2,1-3H3,(H,22,23). The van der Waals surface area contributed by atoms with E-state index in [1.165, 1.54) is 12.8 Å². The number of methoxy groups -OCH3 is 2. The number of rotatable bonds is 6. The lowest BCUT2D eigenvalue weighted by molar-refractivity contribution is 0.136. The molecular weight excluding hydrogens is 356 g/mol. The molecule has 28 heavy (non-hydrogen) atoms. The molecule has 1 saturated heterocycles. The van der Waals surface area contributed by atoms with Gasteiger partial charge in [-0.15, -0.1) is 0 Å². The molecule has 1 fully saturated rings. The molecule has 148 valence electrons. The zero-order valence-corrected chi connectivity index (χ0v) is 16.6. The highest BCUT2D eigenvalue weighted by Crippen LogP contribution is 2.39. The number of piperidine rings is 1. The molecule has 0 bridgehead atoms. The van der Waals surface area contributed by atoms with Gasteiger partial charge in [0.2, 0.25) is 0 Å². The molecular formula is C21H26N4O3. The Morgan fingerprint density at radius 1 is 1.25 bits per heavy atom. The van der Waals surface area contributed by atoms with E-state index >= 15 is 0 Å². The highest BCUT2D eigenvalue weighted by molar-refractivity contribution is 5.60. The number of likely N-dealkylation sites (tertiary alicyclic amines) is 1. The summed E-state index contributed by atoms with van der Waals surface area (Å²) < 4.78 is 16.6. The van der Waals surface area contributed by atoms with Crippen LogP contribution in [-0.2, 0) is 6.54 Å². The molecule has 0 amide bonds. The Kier molecular flexibility index (Phi) is 5.34. The molecule has 1 aliphatic heterocycles. The summed E-state index contributed by atoms with van der Waals surface area (Å²) in [6, 6.07) is 8.21. The van der Waals surface area contributed by atoms with Gasteiger partial charge < -0.3 is 14.0 Å². The highest BCUT2D eigenvalue weighted by Gasteiger charge is 2.29. The lowest BCUT2D eigenvalue weighted by Crippen LogP contribution is -2.33. The lowest BCUT2D eigenvalue weighted by atomic mass is 9.95. The Balaban J connectivity index is 1.65. The van der Waals surface area contributed by atoms with Crippen molar-refractivity contribution in [3.8, 4) is 22.8 Å². The van der Waals surface area contributed by atoms with E-state index in [4.69, 9.17) is 14.0 Å². The van der Waals surface area contributed by atoms with E-state index in [1.54, 1.807) is 14.2 Å². The highest BCUT2D eigenvalue weighted by atomic mass is 16.5. The minimum Gasteiger partial charge on any atom is -0.493 e. The van der Waals surface area contributed by atoms with Crippen molar-refractivity contribution in [3.05, 3.63) is 47.4 Å². The number of H-pyrrole nitrogens is 1. The Labute approximate surface area is 164 Å². The average Bonchev–Trinajstić information content (AvgIpc) is 3.37. The van der Waals surface area contributed by atoms with Gasteiger partial charge >= 0.3 is 0 Å². The maximum atomic E-state index is 5.64. The molecule has 0 spiro atoms. The van der Waals surface area contributed by atoms with Gasteiger partial charge in [-0.3, -0.25) is 10.00 Å². The first kappa shape index (κ1) is 18.6. The van der Waals surface area contributed by atoms with Gasteiger partial charge in [-0.1, -0.05) is 23.7 Å². The molecule has 0 saturated carbocycles. The third-order valence-electron chi connectivity index (χ3n) is 5.37. The summed E-state index contributed by atoms with van der Waals surface area (Å²) in [5, 5.41) is 11.5. The number of aromatic nitrogens is 3. The monoisotopic (exact) mass is 382 g/mol. The third-order valence-corrected chi connectivity index (χ3v) is 5.37. The first-order valence-corrected chi connectivity index (χ1v) is 9.62. The van der Waals surface area contributed by atoms with Crippen LogP contribution in [0.3, 0.4) is 0 Å². The second kappa shape index (κ2) is 8.06. The van der Waals surface area contributed by atoms with Crippen LogP contribution in [0.4, 0.5) is 0 Å². The minimum atomic E-state index is 0.229. The summed E-state index contributed by atoms with van der Waals surface area (Å²) in [5.74, 6) is 2.31. The first-order valence-electron chi connectivity index (χ1n) is 9.62. The second-order valence-corrected chi connectivity index (χ2v) is 7.16. The van der Waals surface area contributed by atoms with Crippen molar-refractivity contribution in [3.63, 3.8) is 0 Å². The Morgan fingerprint density at radius 3 is 2.89 bits per heavy atom. The van der Waals surface area contributed by atoms with E-state index < -0.39 is 0 Å². The quantitative estimate of drug-likeness (QED) is 0.691. The SMILES string of the molecule is COc1cccc(CN2CCCCC2c2[nH]ncc2-c2cc(C)no2)c1OC. The Hall–Kier alpha value is -2.80. The first-order chi connectivity index (χ1) is 13.7. The molecule has 1 N–H and O–H groups in total. The molecule has 1 unspecified atom stereocenters. The van der Waals surface area contributed by atoms with E-state index in [-0.39, 0.29) is 6.04 Å². The number of nitrogens with one attached hydrogen (secondary N) is 1. The zero-order chi connectivity index (χ0) is 19.5. The predicted molar refractivity (Wildman–Crippen MR) is 105 cm³/mol. The van der Waals surface area contributed by atoms with Crippen LogP contribution in [0, 0.1) is 6.92 Å². The molecule has 0 radical (unpaired) electrons. The topological polar surface area (TPSA) is 76.4 Å². The normalized spacial score (nSPS) is 17.6. The van der Waals surface area contributed by atoms with Gasteiger partial charge in [0.05, 0.1) is 43.4 Å². The van der Waals surface area contributed by atoms with Crippen LogP contribution in [0.25, 0.3) is 11.3 Å². The van der Waals surface area contributed by atoms with Crippen LogP contribution in [0.5, 0.6) is 11.5 Å². The van der Waals surface area contributed by atoms with E-state index in [9.17, 15) is 0 Å². The number of nitrogens with zero attached hydrogens (tertiary/aromatic N) is 3. The molecule has 3 aromatic rings. The largest absolute Gasteiger partial charge is 0.493 e. The summed E-state index contributed by atoms with van der Waals surface area (Å²) in [6.07, 6.45) is 5.25. The van der Waals surface area contributed by atoms with Crippen LogP contribution in [-0.4, -0.2) is 41.0 Å². The summed E-state index contributed by atoms with van der Waals surface area (Å²) in [6.45, 7) is 3.71. The molecule has 3 heterocycles. The molecule has 0 aliphatic carbocycles. The maximum Gasteiger partial charge on any atom is 0.170 e. The molecule has 1 aliphatic rings. The van der Waals surface area contributed by atoms with E-state index in [1.807, 2.05) is 31.3 Å². The molecule has 7 heteroatoms. The van der Waals surface area contributed by atoms with Gasteiger partial charge in [0.1, 0.15) is 0 Å². The molecule has 1 atom stereocenters. The van der Waals surface area contributed by atoms with E-state index in [2.05, 4.69) is 26.3 Å². The second-order valence-electron chi connectivity index (χ2n) is 7.16. The van der Waals surface area contributed by atoms with Crippen LogP contribution in [0.1, 0.15) is 42.3 Å². The van der Waals surface area contributed by atoms with Gasteiger partial charge in [-0.25, -0.2) is 0 Å². The van der Waals surface area contributed by atoms with Crippen LogP contribution >= 0.6 is 0 Å². The predicted octanol–water partition coefficient (Wildman–Crippen LogP) is 4.12. The van der Waals surface area contributed by atoms with Crippen molar-refractivity contribution in [2.75, 3.05) is 20.8 Å². The zero-order valence-electron chi connectivity index (χ0n) is 16.6. The minimum absolute atomic E-state index is 0.229. The van der Waals surface area contributed by atoms with Crippen molar-refractivity contribution in [2.45, 2.75) is 38.8 Å². The Morgan fingerprint density at radius 2 is 2.14 bits per heavy atom. The number of ether oxygens (including phenoxy) is 2. The van der Waals surface area contributed by atoms with Gasteiger partial charge in [-0.2, -0.15) is 5.10 Å². The summed E-state index contributed by atoms with van der Waals surface area (Å²) in [5.41, 5.74) is 4.04. The van der Waals surface area contributed by atoms with Crippen molar-refractivity contribution < 1.29 is 14.0 Å². The Bertz CT molecular complexity index is 933. The van der Waals surface area contributed by atoms with Gasteiger partial charge in [-0.05, 0) is 32.4 Å². The van der Waals surface area contributed by atoms with Crippen LogP contribution in [0.15, 0.2) is 35.0 Å². The smallest absolute Gasteiger partial charge is 0.170 e. The number of hydrogen-bond donors (Lipinski definition) is 1. The van der Waals surface area contributed by atoms with Crippen LogP contribution < -0.4 is 9.47 Å². The summed E-state index contributed by atoms with van der Waals surface area (Å²) >= 11 is 0. The van der Waals surface area contributed by atoms with Crippen molar-refractivity contribution in [1.82, 2.24) is 20.3 Å². The van der Waals surface area contributed by atoms with Gasteiger partial charge in [0.15, 0.2) is 17.3 Å². The fourth-order valence-electron chi connectivity index (χ4n) is 4.04. The van der Waals surface area contributed by atoms with Crippen LogP contribution in [0.2, 0.25) is 0 Å². The van der Waals surface area contributed by atoms with Crippen molar-refractivity contribution in [2.24, 2.45) is 0 Å². The number of hydrogen-bond acceptors (Lipinski definition) is 6. The van der Waals surface area contributed by atoms with Crippen molar-refractivity contribution in [1.29, 1.82) is 0 Å². The van der Waals surface area contributed by atoms with Gasteiger partial charge in [0.25, 0.3) is 0 Å². The average molecular weight is 382 g/mol.